The Morgan fingerprint density at radius 3 is 2.70 bits per heavy atom. The molecule has 0 fully saturated rings. The van der Waals surface area contributed by atoms with E-state index in [9.17, 15) is 4.79 Å². The summed E-state index contributed by atoms with van der Waals surface area (Å²) >= 11 is 1.49. The van der Waals surface area contributed by atoms with E-state index in [1.54, 1.807) is 6.07 Å². The summed E-state index contributed by atoms with van der Waals surface area (Å²) in [6.45, 7) is 0. The number of carbonyl (C=O) groups is 1. The number of cyclic esters (lactones) is 1. The number of hydrogen-bond donors (Lipinski definition) is 0. The summed E-state index contributed by atoms with van der Waals surface area (Å²) in [4.78, 5) is 12.9. The van der Waals surface area contributed by atoms with Crippen LogP contribution in [0.5, 0.6) is 0 Å². The Morgan fingerprint density at radius 1 is 1.00 bits per heavy atom. The van der Waals surface area contributed by atoms with E-state index >= 15 is 0 Å². The lowest BCUT2D eigenvalue weighted by molar-refractivity contribution is 0.0412. The van der Waals surface area contributed by atoms with Gasteiger partial charge in [0, 0.05) is 10.3 Å². The van der Waals surface area contributed by atoms with Crippen LogP contribution in [0.25, 0.3) is 11.0 Å². The van der Waals surface area contributed by atoms with Gasteiger partial charge >= 0.3 is 5.97 Å². The van der Waals surface area contributed by atoms with Crippen LogP contribution in [0.1, 0.15) is 21.6 Å². The summed E-state index contributed by atoms with van der Waals surface area (Å²) in [5.41, 5.74) is 0.993. The first-order valence-electron chi connectivity index (χ1n) is 6.26. The molecule has 1 atom stereocenters. The zero-order valence-electron chi connectivity index (χ0n) is 10.4. The molecule has 0 saturated carbocycles. The highest BCUT2D eigenvalue weighted by Gasteiger charge is 2.30. The Bertz CT molecular complexity index is 773. The minimum absolute atomic E-state index is 0.301. The van der Waals surface area contributed by atoms with E-state index in [4.69, 9.17) is 9.15 Å². The highest BCUT2D eigenvalue weighted by Crippen LogP contribution is 2.43. The van der Waals surface area contributed by atoms with E-state index in [0.717, 1.165) is 15.9 Å². The standard InChI is InChI=1S/C16H10O3S/c17-15-11-6-2-4-8-14(11)20-16(19-15)13-9-10-5-1-3-7-12(10)18-13/h1-9,16H. The van der Waals surface area contributed by atoms with Gasteiger partial charge in [-0.2, -0.15) is 0 Å². The van der Waals surface area contributed by atoms with Crippen LogP contribution in [0.15, 0.2) is 63.9 Å². The lowest BCUT2D eigenvalue weighted by atomic mass is 10.2. The predicted octanol–water partition coefficient (Wildman–Crippen LogP) is 4.39. The molecule has 0 radical (unpaired) electrons. The Hall–Kier alpha value is -2.20. The number of hydrogen-bond acceptors (Lipinski definition) is 4. The summed E-state index contributed by atoms with van der Waals surface area (Å²) < 4.78 is 11.2. The van der Waals surface area contributed by atoms with E-state index < -0.39 is 5.44 Å². The van der Waals surface area contributed by atoms with Crippen molar-refractivity contribution in [3.63, 3.8) is 0 Å². The molecule has 4 heteroatoms. The maximum Gasteiger partial charge on any atom is 0.340 e. The Kier molecular flexibility index (Phi) is 2.57. The quantitative estimate of drug-likeness (QED) is 0.620. The van der Waals surface area contributed by atoms with Gasteiger partial charge in [-0.15, -0.1) is 0 Å². The lowest BCUT2D eigenvalue weighted by Gasteiger charge is -2.22. The highest BCUT2D eigenvalue weighted by atomic mass is 32.2. The SMILES string of the molecule is O=C1OC(c2cc3ccccc3o2)Sc2ccccc21. The zero-order valence-corrected chi connectivity index (χ0v) is 11.2. The molecule has 0 amide bonds. The van der Waals surface area contributed by atoms with Gasteiger partial charge in [0.25, 0.3) is 0 Å². The molecule has 2 aromatic carbocycles. The molecule has 0 spiro atoms. The third-order valence-electron chi connectivity index (χ3n) is 3.23. The molecule has 1 aromatic heterocycles. The number of benzene rings is 2. The first-order chi connectivity index (χ1) is 9.81. The van der Waals surface area contributed by atoms with Crippen LogP contribution in [-0.2, 0) is 4.74 Å². The first kappa shape index (κ1) is 11.6. The Labute approximate surface area is 119 Å². The topological polar surface area (TPSA) is 39.4 Å². The zero-order chi connectivity index (χ0) is 13.5. The summed E-state index contributed by atoms with van der Waals surface area (Å²) in [5, 5.41) is 1.01. The Balaban J connectivity index is 1.75. The number of para-hydroxylation sites is 1. The average Bonchev–Trinajstić information content (AvgIpc) is 2.91. The molecule has 4 rings (SSSR count). The number of esters is 1. The van der Waals surface area contributed by atoms with Crippen molar-refractivity contribution in [1.82, 2.24) is 0 Å². The minimum Gasteiger partial charge on any atom is -0.456 e. The molecule has 1 unspecified atom stereocenters. The van der Waals surface area contributed by atoms with Gasteiger partial charge < -0.3 is 9.15 Å². The van der Waals surface area contributed by atoms with Gasteiger partial charge in [0.05, 0.1) is 5.56 Å². The fourth-order valence-electron chi connectivity index (χ4n) is 2.27. The summed E-state index contributed by atoms with van der Waals surface area (Å²) in [6.07, 6.45) is 0. The van der Waals surface area contributed by atoms with Gasteiger partial charge in [0.2, 0.25) is 5.44 Å². The van der Waals surface area contributed by atoms with Crippen molar-refractivity contribution in [2.75, 3.05) is 0 Å². The average molecular weight is 282 g/mol. The minimum atomic E-state index is -0.426. The third kappa shape index (κ3) is 1.80. The van der Waals surface area contributed by atoms with Gasteiger partial charge in [-0.25, -0.2) is 4.79 Å². The fraction of sp³-hybridized carbons (Fsp3) is 0.0625. The van der Waals surface area contributed by atoms with Gasteiger partial charge in [0.15, 0.2) is 5.76 Å². The second kappa shape index (κ2) is 4.42. The number of furan rings is 1. The number of rotatable bonds is 1. The van der Waals surface area contributed by atoms with E-state index in [1.807, 2.05) is 48.5 Å². The maximum absolute atomic E-state index is 12.0. The number of carbonyl (C=O) groups excluding carboxylic acids is 1. The van der Waals surface area contributed by atoms with Crippen molar-refractivity contribution in [3.05, 3.63) is 65.9 Å². The highest BCUT2D eigenvalue weighted by molar-refractivity contribution is 7.99. The fourth-order valence-corrected chi connectivity index (χ4v) is 3.31. The second-order valence-electron chi connectivity index (χ2n) is 4.54. The number of ether oxygens (including phenoxy) is 1. The van der Waals surface area contributed by atoms with Crippen LogP contribution in [0.3, 0.4) is 0 Å². The maximum atomic E-state index is 12.0. The van der Waals surface area contributed by atoms with E-state index in [2.05, 4.69) is 0 Å². The third-order valence-corrected chi connectivity index (χ3v) is 4.38. The van der Waals surface area contributed by atoms with Crippen molar-refractivity contribution in [2.24, 2.45) is 0 Å². The van der Waals surface area contributed by atoms with Gasteiger partial charge in [-0.1, -0.05) is 42.1 Å². The van der Waals surface area contributed by atoms with E-state index in [1.165, 1.54) is 11.8 Å². The molecule has 0 N–H and O–H groups in total. The number of thioether (sulfide) groups is 1. The van der Waals surface area contributed by atoms with Gasteiger partial charge in [-0.3, -0.25) is 0 Å². The van der Waals surface area contributed by atoms with Crippen molar-refractivity contribution in [2.45, 2.75) is 10.3 Å². The smallest absolute Gasteiger partial charge is 0.340 e. The molecule has 1 aliphatic heterocycles. The normalized spacial score (nSPS) is 17.8. The van der Waals surface area contributed by atoms with Crippen molar-refractivity contribution < 1.29 is 13.9 Å². The molecule has 3 aromatic rings. The monoisotopic (exact) mass is 282 g/mol. The molecular formula is C16H10O3S. The van der Waals surface area contributed by atoms with E-state index in [-0.39, 0.29) is 5.97 Å². The van der Waals surface area contributed by atoms with Crippen molar-refractivity contribution in [3.8, 4) is 0 Å². The van der Waals surface area contributed by atoms with Crippen LogP contribution in [0.4, 0.5) is 0 Å². The largest absolute Gasteiger partial charge is 0.456 e. The predicted molar refractivity (Wildman–Crippen MR) is 76.7 cm³/mol. The van der Waals surface area contributed by atoms with Crippen LogP contribution >= 0.6 is 11.8 Å². The van der Waals surface area contributed by atoms with Crippen molar-refractivity contribution >= 4 is 28.7 Å². The molecular weight excluding hydrogens is 272 g/mol. The molecule has 20 heavy (non-hydrogen) atoms. The molecule has 1 aliphatic rings. The van der Waals surface area contributed by atoms with Crippen LogP contribution in [0.2, 0.25) is 0 Å². The molecule has 0 saturated heterocycles. The number of fused-ring (bicyclic) bond motifs is 2. The van der Waals surface area contributed by atoms with Crippen LogP contribution in [-0.4, -0.2) is 5.97 Å². The molecule has 0 aliphatic carbocycles. The van der Waals surface area contributed by atoms with E-state index in [0.29, 0.717) is 11.3 Å². The molecule has 0 bridgehead atoms. The Morgan fingerprint density at radius 2 is 1.80 bits per heavy atom. The summed E-state index contributed by atoms with van der Waals surface area (Å²) in [6, 6.07) is 17.1. The van der Waals surface area contributed by atoms with Crippen molar-refractivity contribution in [1.29, 1.82) is 0 Å². The molecule has 3 nitrogen and oxygen atoms in total. The molecule has 2 heterocycles. The lowest BCUT2D eigenvalue weighted by Crippen LogP contribution is -2.14. The van der Waals surface area contributed by atoms with Gasteiger partial charge in [-0.05, 0) is 24.3 Å². The van der Waals surface area contributed by atoms with Gasteiger partial charge in [0.1, 0.15) is 5.58 Å². The summed E-state index contributed by atoms with van der Waals surface area (Å²) in [5.74, 6) is 0.365. The molecule has 98 valence electrons. The van der Waals surface area contributed by atoms with Crippen LogP contribution < -0.4 is 0 Å². The van der Waals surface area contributed by atoms with Crippen LogP contribution in [0, 0.1) is 0 Å². The first-order valence-corrected chi connectivity index (χ1v) is 7.14. The summed E-state index contributed by atoms with van der Waals surface area (Å²) in [7, 11) is 0. The second-order valence-corrected chi connectivity index (χ2v) is 5.64.